The first-order valence-electron chi connectivity index (χ1n) is 6.69. The Morgan fingerprint density at radius 3 is 2.48 bits per heavy atom. The Kier molecular flexibility index (Phi) is 4.21. The topological polar surface area (TPSA) is 21.3 Å². The van der Waals surface area contributed by atoms with Gasteiger partial charge in [0, 0.05) is 16.5 Å². The van der Waals surface area contributed by atoms with Crippen molar-refractivity contribution in [3.8, 4) is 5.75 Å². The van der Waals surface area contributed by atoms with Gasteiger partial charge in [-0.2, -0.15) is 0 Å². The first kappa shape index (κ1) is 14.8. The molecule has 1 aliphatic rings. The summed E-state index contributed by atoms with van der Waals surface area (Å²) in [6.07, 6.45) is 0. The molecule has 2 nitrogen and oxygen atoms in total. The average Bonchev–Trinajstić information content (AvgIpc) is 2.44. The van der Waals surface area contributed by atoms with Crippen LogP contribution in [0.15, 0.2) is 36.4 Å². The maximum absolute atomic E-state index is 6.27. The number of fused-ring (bicyclic) bond motifs is 1. The quantitative estimate of drug-likeness (QED) is 0.741. The summed E-state index contributed by atoms with van der Waals surface area (Å²) in [6, 6.07) is 11.5. The molecule has 0 fully saturated rings. The van der Waals surface area contributed by atoms with Crippen molar-refractivity contribution < 1.29 is 4.74 Å². The van der Waals surface area contributed by atoms with Crippen molar-refractivity contribution in [1.29, 1.82) is 0 Å². The van der Waals surface area contributed by atoms with Crippen LogP contribution in [0.3, 0.4) is 0 Å². The smallest absolute Gasteiger partial charge is 0.124 e. The summed E-state index contributed by atoms with van der Waals surface area (Å²) < 4.78 is 5.76. The van der Waals surface area contributed by atoms with E-state index in [1.165, 1.54) is 0 Å². The molecule has 110 valence electrons. The lowest BCUT2D eigenvalue weighted by molar-refractivity contribution is 0.214. The van der Waals surface area contributed by atoms with E-state index in [0.717, 1.165) is 11.3 Å². The van der Waals surface area contributed by atoms with E-state index in [4.69, 9.17) is 39.5 Å². The summed E-state index contributed by atoms with van der Waals surface area (Å²) in [5.74, 6) is 1.19. The van der Waals surface area contributed by atoms with E-state index in [9.17, 15) is 0 Å². The van der Waals surface area contributed by atoms with E-state index >= 15 is 0 Å². The molecule has 1 N–H and O–H groups in total. The number of benzene rings is 2. The highest BCUT2D eigenvalue weighted by atomic mass is 35.5. The van der Waals surface area contributed by atoms with Gasteiger partial charge in [-0.3, -0.25) is 0 Å². The molecule has 0 radical (unpaired) electrons. The Morgan fingerprint density at radius 2 is 1.76 bits per heavy atom. The monoisotopic (exact) mass is 341 g/mol. The maximum Gasteiger partial charge on any atom is 0.124 e. The number of hydrogen-bond acceptors (Lipinski definition) is 2. The van der Waals surface area contributed by atoms with Crippen LogP contribution in [0.25, 0.3) is 0 Å². The molecule has 0 bridgehead atoms. The Bertz CT molecular complexity index is 651. The zero-order valence-electron chi connectivity index (χ0n) is 11.4. The van der Waals surface area contributed by atoms with E-state index in [1.807, 2.05) is 18.2 Å². The summed E-state index contributed by atoms with van der Waals surface area (Å²) in [5.41, 5.74) is 1.81. The minimum Gasteiger partial charge on any atom is -0.493 e. The van der Waals surface area contributed by atoms with E-state index in [0.29, 0.717) is 33.3 Å². The normalized spacial score (nSPS) is 20.6. The molecule has 3 rings (SSSR count). The van der Waals surface area contributed by atoms with Crippen molar-refractivity contribution in [2.75, 3.05) is 11.9 Å². The second kappa shape index (κ2) is 5.96. The molecule has 0 saturated heterocycles. The molecule has 2 aromatic carbocycles. The van der Waals surface area contributed by atoms with Crippen molar-refractivity contribution in [3.63, 3.8) is 0 Å². The van der Waals surface area contributed by atoms with Crippen molar-refractivity contribution in [2.24, 2.45) is 5.92 Å². The van der Waals surface area contributed by atoms with Crippen LogP contribution in [-0.4, -0.2) is 6.61 Å². The van der Waals surface area contributed by atoms with Crippen LogP contribution < -0.4 is 10.1 Å². The molecule has 2 unspecified atom stereocenters. The fraction of sp³-hybridized carbons (Fsp3) is 0.250. The van der Waals surface area contributed by atoms with Crippen LogP contribution in [-0.2, 0) is 0 Å². The van der Waals surface area contributed by atoms with Crippen LogP contribution in [0.2, 0.25) is 15.1 Å². The number of halogens is 3. The lowest BCUT2D eigenvalue weighted by Gasteiger charge is -2.33. The van der Waals surface area contributed by atoms with Gasteiger partial charge in [-0.05, 0) is 18.2 Å². The zero-order valence-corrected chi connectivity index (χ0v) is 13.6. The first-order valence-corrected chi connectivity index (χ1v) is 7.82. The number of para-hydroxylation sites is 1. The SMILES string of the molecule is CC1COc2ccccc2C1Nc1c(Cl)cc(Cl)cc1Cl. The van der Waals surface area contributed by atoms with Gasteiger partial charge in [-0.25, -0.2) is 0 Å². The van der Waals surface area contributed by atoms with Gasteiger partial charge in [-0.15, -0.1) is 0 Å². The zero-order chi connectivity index (χ0) is 15.0. The summed E-state index contributed by atoms with van der Waals surface area (Å²) >= 11 is 18.5. The minimum absolute atomic E-state index is 0.0890. The highest BCUT2D eigenvalue weighted by Gasteiger charge is 2.28. The number of hydrogen-bond donors (Lipinski definition) is 1. The van der Waals surface area contributed by atoms with Crippen molar-refractivity contribution >= 4 is 40.5 Å². The third-order valence-electron chi connectivity index (χ3n) is 3.63. The standard InChI is InChI=1S/C16H14Cl3NO/c1-9-8-21-14-5-3-2-4-11(14)15(9)20-16-12(18)6-10(17)7-13(16)19/h2-7,9,15,20H,8H2,1H3. The summed E-state index contributed by atoms with van der Waals surface area (Å²) in [6.45, 7) is 2.78. The van der Waals surface area contributed by atoms with Crippen LogP contribution >= 0.6 is 34.8 Å². The fourth-order valence-electron chi connectivity index (χ4n) is 2.55. The lowest BCUT2D eigenvalue weighted by atomic mass is 9.92. The molecule has 2 atom stereocenters. The van der Waals surface area contributed by atoms with E-state index in [2.05, 4.69) is 18.3 Å². The van der Waals surface area contributed by atoms with E-state index in [1.54, 1.807) is 12.1 Å². The summed E-state index contributed by atoms with van der Waals surface area (Å²) in [5, 5.41) is 5.01. The molecule has 1 heterocycles. The van der Waals surface area contributed by atoms with E-state index in [-0.39, 0.29) is 6.04 Å². The van der Waals surface area contributed by atoms with Crippen LogP contribution in [0.5, 0.6) is 5.75 Å². The maximum atomic E-state index is 6.27. The lowest BCUT2D eigenvalue weighted by Crippen LogP contribution is -2.29. The van der Waals surface area contributed by atoms with Gasteiger partial charge in [0.2, 0.25) is 0 Å². The molecule has 0 spiro atoms. The van der Waals surface area contributed by atoms with Gasteiger partial charge >= 0.3 is 0 Å². The molecule has 2 aromatic rings. The largest absolute Gasteiger partial charge is 0.493 e. The Labute approximate surface area is 139 Å². The van der Waals surface area contributed by atoms with Crippen LogP contribution in [0, 0.1) is 5.92 Å². The number of rotatable bonds is 2. The molecule has 0 amide bonds. The second-order valence-corrected chi connectivity index (χ2v) is 6.44. The van der Waals surface area contributed by atoms with Gasteiger partial charge in [0.05, 0.1) is 28.4 Å². The molecule has 5 heteroatoms. The molecule has 21 heavy (non-hydrogen) atoms. The van der Waals surface area contributed by atoms with Gasteiger partial charge in [0.25, 0.3) is 0 Å². The Balaban J connectivity index is 1.98. The van der Waals surface area contributed by atoms with Crippen LogP contribution in [0.1, 0.15) is 18.5 Å². The van der Waals surface area contributed by atoms with Crippen molar-refractivity contribution in [3.05, 3.63) is 57.0 Å². The van der Waals surface area contributed by atoms with Crippen molar-refractivity contribution in [1.82, 2.24) is 0 Å². The van der Waals surface area contributed by atoms with E-state index < -0.39 is 0 Å². The number of nitrogens with one attached hydrogen (secondary N) is 1. The number of anilines is 1. The average molecular weight is 343 g/mol. The predicted octanol–water partition coefficient (Wildman–Crippen LogP) is 5.83. The molecule has 1 aliphatic heterocycles. The minimum atomic E-state index is 0.0890. The van der Waals surface area contributed by atoms with Gasteiger partial charge in [0.15, 0.2) is 0 Å². The highest BCUT2D eigenvalue weighted by Crippen LogP contribution is 2.41. The summed E-state index contributed by atoms with van der Waals surface area (Å²) in [4.78, 5) is 0. The molecule has 0 saturated carbocycles. The summed E-state index contributed by atoms with van der Waals surface area (Å²) in [7, 11) is 0. The molecular weight excluding hydrogens is 329 g/mol. The van der Waals surface area contributed by atoms with Gasteiger partial charge in [-0.1, -0.05) is 59.9 Å². The second-order valence-electron chi connectivity index (χ2n) is 5.19. The number of ether oxygens (including phenoxy) is 1. The highest BCUT2D eigenvalue weighted by molar-refractivity contribution is 6.41. The molecule has 0 aromatic heterocycles. The Morgan fingerprint density at radius 1 is 1.10 bits per heavy atom. The van der Waals surface area contributed by atoms with Gasteiger partial charge < -0.3 is 10.1 Å². The molecule has 0 aliphatic carbocycles. The third kappa shape index (κ3) is 2.94. The van der Waals surface area contributed by atoms with Crippen molar-refractivity contribution in [2.45, 2.75) is 13.0 Å². The fourth-order valence-corrected chi connectivity index (χ4v) is 3.47. The third-order valence-corrected chi connectivity index (χ3v) is 4.45. The Hall–Kier alpha value is -1.09. The first-order chi connectivity index (χ1) is 10.1. The van der Waals surface area contributed by atoms with Gasteiger partial charge in [0.1, 0.15) is 5.75 Å². The molecular formula is C16H14Cl3NO. The predicted molar refractivity (Wildman–Crippen MR) is 88.9 cm³/mol. The van der Waals surface area contributed by atoms with Crippen LogP contribution in [0.4, 0.5) is 5.69 Å².